The average Bonchev–Trinajstić information content (AvgIpc) is 3.69. The van der Waals surface area contributed by atoms with E-state index in [1.165, 1.54) is 12.8 Å². The predicted molar refractivity (Wildman–Crippen MR) is 125 cm³/mol. The monoisotopic (exact) mass is 434 g/mol. The highest BCUT2D eigenvalue weighted by molar-refractivity contribution is 5.79. The van der Waals surface area contributed by atoms with Gasteiger partial charge in [-0.05, 0) is 51.0 Å². The summed E-state index contributed by atoms with van der Waals surface area (Å²) in [5.74, 6) is 2.53. The number of likely N-dealkylation sites (N-methyl/N-ethyl adjacent to an activating group) is 1. The summed E-state index contributed by atoms with van der Waals surface area (Å²) in [7, 11) is 0. The van der Waals surface area contributed by atoms with Crippen LogP contribution in [0.4, 0.5) is 0 Å². The Balaban J connectivity index is 1.34. The Kier molecular flexibility index (Phi) is 6.39. The zero-order valence-electron chi connectivity index (χ0n) is 19.1. The molecule has 5 rings (SSSR count). The topological polar surface area (TPSA) is 58.6 Å². The zero-order chi connectivity index (χ0) is 21.9. The van der Waals surface area contributed by atoms with Gasteiger partial charge in [0.05, 0.1) is 12.3 Å². The second-order valence-corrected chi connectivity index (χ2v) is 9.43. The molecule has 2 heterocycles. The number of amides is 1. The summed E-state index contributed by atoms with van der Waals surface area (Å²) in [5.41, 5.74) is 3.20. The Labute approximate surface area is 191 Å². The number of nitrogens with zero attached hydrogens (tertiary/aromatic N) is 4. The minimum Gasteiger partial charge on any atom is -0.477 e. The molecule has 1 unspecified atom stereocenters. The zero-order valence-corrected chi connectivity index (χ0v) is 19.1. The highest BCUT2D eigenvalue weighted by Crippen LogP contribution is 2.34. The quantitative estimate of drug-likeness (QED) is 0.651. The van der Waals surface area contributed by atoms with Gasteiger partial charge in [0.2, 0.25) is 11.8 Å². The molecule has 2 fully saturated rings. The first-order valence-corrected chi connectivity index (χ1v) is 12.3. The van der Waals surface area contributed by atoms with Crippen LogP contribution in [0.1, 0.15) is 43.9 Å². The van der Waals surface area contributed by atoms with Gasteiger partial charge in [0.1, 0.15) is 0 Å². The van der Waals surface area contributed by atoms with Gasteiger partial charge < -0.3 is 14.5 Å². The largest absolute Gasteiger partial charge is 0.477 e. The first-order valence-electron chi connectivity index (χ1n) is 12.3. The van der Waals surface area contributed by atoms with Crippen molar-refractivity contribution >= 4 is 5.91 Å². The number of piperazine rings is 1. The number of hydrogen-bond donors (Lipinski definition) is 0. The van der Waals surface area contributed by atoms with Gasteiger partial charge in [-0.1, -0.05) is 37.3 Å². The Hall–Kier alpha value is -2.47. The minimum atomic E-state index is 0.0637. The SMILES string of the molecule is CCN1CCN(C(=O)C2CCc3nc(-c4ccccc4)nc(OCC4CC4)c3CC2)CC1. The smallest absolute Gasteiger partial charge is 0.225 e. The van der Waals surface area contributed by atoms with E-state index in [0.29, 0.717) is 11.8 Å². The van der Waals surface area contributed by atoms with E-state index in [1.54, 1.807) is 0 Å². The summed E-state index contributed by atoms with van der Waals surface area (Å²) < 4.78 is 6.23. The summed E-state index contributed by atoms with van der Waals surface area (Å²) >= 11 is 0. The van der Waals surface area contributed by atoms with E-state index in [0.717, 1.165) is 93.5 Å². The number of rotatable bonds is 6. The molecular weight excluding hydrogens is 400 g/mol. The van der Waals surface area contributed by atoms with Crippen LogP contribution in [0, 0.1) is 11.8 Å². The van der Waals surface area contributed by atoms with Crippen molar-refractivity contribution in [1.82, 2.24) is 19.8 Å². The van der Waals surface area contributed by atoms with Crippen molar-refractivity contribution in [3.63, 3.8) is 0 Å². The lowest BCUT2D eigenvalue weighted by Crippen LogP contribution is -2.50. The molecular formula is C26H34N4O2. The average molecular weight is 435 g/mol. The normalized spacial score (nSPS) is 21.7. The molecule has 2 aliphatic carbocycles. The second-order valence-electron chi connectivity index (χ2n) is 9.43. The number of ether oxygens (including phenoxy) is 1. The van der Waals surface area contributed by atoms with Crippen molar-refractivity contribution in [3.05, 3.63) is 41.6 Å². The Morgan fingerprint density at radius 3 is 2.47 bits per heavy atom. The lowest BCUT2D eigenvalue weighted by atomic mass is 9.97. The summed E-state index contributed by atoms with van der Waals surface area (Å²) in [6.45, 7) is 7.66. The molecule has 0 spiro atoms. The number of hydrogen-bond acceptors (Lipinski definition) is 5. The first kappa shape index (κ1) is 21.4. The molecule has 0 bridgehead atoms. The van der Waals surface area contributed by atoms with Crippen molar-refractivity contribution in [2.24, 2.45) is 11.8 Å². The molecule has 0 radical (unpaired) electrons. The van der Waals surface area contributed by atoms with Crippen LogP contribution >= 0.6 is 0 Å². The standard InChI is InChI=1S/C26H34N4O2/c1-2-29-14-16-30(17-15-29)26(31)21-10-12-22-23(13-11-21)27-24(20-6-4-3-5-7-20)28-25(22)32-18-19-8-9-19/h3-7,19,21H,2,8-18H2,1H3. The molecule has 2 aromatic rings. The highest BCUT2D eigenvalue weighted by atomic mass is 16.5. The van der Waals surface area contributed by atoms with E-state index in [9.17, 15) is 4.79 Å². The summed E-state index contributed by atoms with van der Waals surface area (Å²) in [6, 6.07) is 10.1. The molecule has 1 aromatic carbocycles. The second kappa shape index (κ2) is 9.57. The highest BCUT2D eigenvalue weighted by Gasteiger charge is 2.31. The Morgan fingerprint density at radius 2 is 1.75 bits per heavy atom. The number of aromatic nitrogens is 2. The fourth-order valence-electron chi connectivity index (χ4n) is 4.85. The van der Waals surface area contributed by atoms with E-state index in [-0.39, 0.29) is 5.92 Å². The van der Waals surface area contributed by atoms with Crippen LogP contribution in [-0.2, 0) is 17.6 Å². The molecule has 6 nitrogen and oxygen atoms in total. The van der Waals surface area contributed by atoms with Crippen LogP contribution in [0.25, 0.3) is 11.4 Å². The van der Waals surface area contributed by atoms with Gasteiger partial charge in [0, 0.05) is 43.2 Å². The van der Waals surface area contributed by atoms with Crippen LogP contribution in [0.15, 0.2) is 30.3 Å². The van der Waals surface area contributed by atoms with Gasteiger partial charge in [0.25, 0.3) is 0 Å². The van der Waals surface area contributed by atoms with Crippen molar-refractivity contribution in [2.45, 2.75) is 45.4 Å². The van der Waals surface area contributed by atoms with Crippen LogP contribution in [0.5, 0.6) is 5.88 Å². The van der Waals surface area contributed by atoms with E-state index < -0.39 is 0 Å². The Bertz CT molecular complexity index is 936. The molecule has 6 heteroatoms. The minimum absolute atomic E-state index is 0.0637. The molecule has 32 heavy (non-hydrogen) atoms. The lowest BCUT2D eigenvalue weighted by Gasteiger charge is -2.35. The van der Waals surface area contributed by atoms with Crippen molar-refractivity contribution in [1.29, 1.82) is 0 Å². The van der Waals surface area contributed by atoms with Gasteiger partial charge >= 0.3 is 0 Å². The number of benzene rings is 1. The van der Waals surface area contributed by atoms with E-state index in [4.69, 9.17) is 14.7 Å². The molecule has 1 atom stereocenters. The molecule has 1 saturated heterocycles. The molecule has 3 aliphatic rings. The molecule has 1 aliphatic heterocycles. The van der Waals surface area contributed by atoms with Crippen molar-refractivity contribution < 1.29 is 9.53 Å². The molecule has 170 valence electrons. The van der Waals surface area contributed by atoms with Crippen LogP contribution in [-0.4, -0.2) is 65.0 Å². The van der Waals surface area contributed by atoms with Crippen LogP contribution in [0.3, 0.4) is 0 Å². The van der Waals surface area contributed by atoms with Gasteiger partial charge in [-0.2, -0.15) is 4.98 Å². The third-order valence-corrected chi connectivity index (χ3v) is 7.19. The molecule has 1 aromatic heterocycles. The third-order valence-electron chi connectivity index (χ3n) is 7.19. The van der Waals surface area contributed by atoms with Gasteiger partial charge in [-0.3, -0.25) is 4.79 Å². The maximum atomic E-state index is 13.3. The van der Waals surface area contributed by atoms with Crippen molar-refractivity contribution in [3.8, 4) is 17.3 Å². The number of fused-ring (bicyclic) bond motifs is 1. The fraction of sp³-hybridized carbons (Fsp3) is 0.577. The van der Waals surface area contributed by atoms with Gasteiger partial charge in [-0.25, -0.2) is 4.98 Å². The number of aryl methyl sites for hydroxylation is 1. The molecule has 1 amide bonds. The molecule has 1 saturated carbocycles. The van der Waals surface area contributed by atoms with E-state index in [1.807, 2.05) is 30.3 Å². The van der Waals surface area contributed by atoms with Gasteiger partial charge in [0.15, 0.2) is 5.82 Å². The van der Waals surface area contributed by atoms with Crippen molar-refractivity contribution in [2.75, 3.05) is 39.3 Å². The summed E-state index contributed by atoms with van der Waals surface area (Å²) in [6.07, 6.45) is 5.83. The van der Waals surface area contributed by atoms with E-state index in [2.05, 4.69) is 16.7 Å². The lowest BCUT2D eigenvalue weighted by molar-refractivity contribution is -0.137. The Morgan fingerprint density at radius 1 is 1.00 bits per heavy atom. The van der Waals surface area contributed by atoms with Crippen LogP contribution in [0.2, 0.25) is 0 Å². The third kappa shape index (κ3) is 4.80. The van der Waals surface area contributed by atoms with Crippen LogP contribution < -0.4 is 4.74 Å². The maximum absolute atomic E-state index is 13.3. The molecule has 0 N–H and O–H groups in total. The summed E-state index contributed by atoms with van der Waals surface area (Å²) in [5, 5.41) is 0. The first-order chi connectivity index (χ1) is 15.7. The summed E-state index contributed by atoms with van der Waals surface area (Å²) in [4.78, 5) is 27.6. The maximum Gasteiger partial charge on any atom is 0.225 e. The number of carbonyl (C=O) groups is 1. The number of carbonyl (C=O) groups excluding carboxylic acids is 1. The fourth-order valence-corrected chi connectivity index (χ4v) is 4.85. The van der Waals surface area contributed by atoms with Gasteiger partial charge in [-0.15, -0.1) is 0 Å². The predicted octanol–water partition coefficient (Wildman–Crippen LogP) is 3.59. The van der Waals surface area contributed by atoms with E-state index >= 15 is 0 Å².